The maximum atomic E-state index is 11.7. The van der Waals surface area contributed by atoms with Crippen molar-refractivity contribution in [3.63, 3.8) is 0 Å². The van der Waals surface area contributed by atoms with E-state index in [9.17, 15) is 15.3 Å². The second-order valence-electron chi connectivity index (χ2n) is 10.6. The summed E-state index contributed by atoms with van der Waals surface area (Å²) in [5, 5.41) is 36.9. The summed E-state index contributed by atoms with van der Waals surface area (Å²) in [7, 11) is 0. The molecule has 10 atom stereocenters. The Morgan fingerprint density at radius 3 is 2.32 bits per heavy atom. The number of rotatable bonds is 1. The van der Waals surface area contributed by atoms with Gasteiger partial charge in [0.25, 0.3) is 0 Å². The zero-order chi connectivity index (χ0) is 17.8. The van der Waals surface area contributed by atoms with Gasteiger partial charge < -0.3 is 20.6 Å². The van der Waals surface area contributed by atoms with E-state index in [0.717, 1.165) is 44.9 Å². The van der Waals surface area contributed by atoms with Gasteiger partial charge in [-0.2, -0.15) is 0 Å². The molecule has 142 valence electrons. The normalized spacial score (nSPS) is 65.5. The highest BCUT2D eigenvalue weighted by atomic mass is 16.3. The van der Waals surface area contributed by atoms with Gasteiger partial charge in [0, 0.05) is 17.9 Å². The number of aliphatic hydroxyl groups excluding tert-OH is 1. The lowest BCUT2D eigenvalue weighted by Gasteiger charge is -2.63. The van der Waals surface area contributed by atoms with Gasteiger partial charge in [-0.25, -0.2) is 0 Å². The summed E-state index contributed by atoms with van der Waals surface area (Å²) in [4.78, 5) is 0. The predicted molar refractivity (Wildman–Crippen MR) is 95.9 cm³/mol. The fourth-order valence-corrected chi connectivity index (χ4v) is 8.42. The second kappa shape index (κ2) is 4.81. The quantitative estimate of drug-likeness (QED) is 0.547. The van der Waals surface area contributed by atoms with Crippen molar-refractivity contribution < 1.29 is 15.3 Å². The van der Waals surface area contributed by atoms with Crippen LogP contribution in [0.4, 0.5) is 0 Å². The van der Waals surface area contributed by atoms with Crippen molar-refractivity contribution in [3.8, 4) is 0 Å². The Hall–Kier alpha value is -0.160. The first-order chi connectivity index (χ1) is 11.7. The predicted octanol–water partition coefficient (Wildman–Crippen LogP) is 2.21. The molecule has 4 nitrogen and oxygen atoms in total. The minimum atomic E-state index is -0.760. The molecule has 8 unspecified atom stereocenters. The van der Waals surface area contributed by atoms with E-state index in [1.54, 1.807) is 0 Å². The van der Waals surface area contributed by atoms with E-state index < -0.39 is 11.2 Å². The van der Waals surface area contributed by atoms with E-state index in [2.05, 4.69) is 26.1 Å². The summed E-state index contributed by atoms with van der Waals surface area (Å²) in [6.07, 6.45) is 7.03. The summed E-state index contributed by atoms with van der Waals surface area (Å²) >= 11 is 0. The minimum Gasteiger partial charge on any atom is -0.393 e. The van der Waals surface area contributed by atoms with Gasteiger partial charge in [-0.15, -0.1) is 0 Å². The van der Waals surface area contributed by atoms with Gasteiger partial charge in [-0.1, -0.05) is 20.8 Å². The molecule has 0 bridgehead atoms. The Morgan fingerprint density at radius 1 is 0.960 bits per heavy atom. The van der Waals surface area contributed by atoms with E-state index in [1.165, 1.54) is 0 Å². The van der Waals surface area contributed by atoms with Crippen molar-refractivity contribution in [2.75, 3.05) is 0 Å². The molecular weight excluding hydrogens is 314 g/mol. The molecule has 0 aromatic heterocycles. The van der Waals surface area contributed by atoms with Gasteiger partial charge in [0.15, 0.2) is 0 Å². The van der Waals surface area contributed by atoms with E-state index in [1.807, 2.05) is 0 Å². The first-order valence-electron chi connectivity index (χ1n) is 10.6. The molecule has 1 saturated heterocycles. The smallest absolute Gasteiger partial charge is 0.0895 e. The van der Waals surface area contributed by atoms with Crippen LogP contribution in [0.25, 0.3) is 0 Å². The molecule has 4 saturated carbocycles. The standard InChI is InChI=1S/C21H35NO3/c1-4-20(24)10-7-13-15-14(6-9-18(13,20)2)19(3)8-5-12(23)11-21(19,25)17-16(15)22-17/h12-17,22-25H,4-11H2,1-3H3/t12?,13?,14?,15?,16-,17-,18?,19?,20?,21?/m1/s1. The molecule has 0 aromatic carbocycles. The first-order valence-corrected chi connectivity index (χ1v) is 10.6. The Morgan fingerprint density at radius 2 is 1.60 bits per heavy atom. The van der Waals surface area contributed by atoms with Crippen LogP contribution in [0.5, 0.6) is 0 Å². The molecule has 4 aliphatic carbocycles. The van der Waals surface area contributed by atoms with E-state index >= 15 is 0 Å². The highest BCUT2D eigenvalue weighted by Gasteiger charge is 2.75. The lowest BCUT2D eigenvalue weighted by atomic mass is 9.43. The first kappa shape index (κ1) is 17.0. The Kier molecular flexibility index (Phi) is 3.27. The molecule has 1 heterocycles. The van der Waals surface area contributed by atoms with E-state index in [4.69, 9.17) is 0 Å². The highest BCUT2D eigenvalue weighted by Crippen LogP contribution is 2.71. The third-order valence-corrected chi connectivity index (χ3v) is 10.1. The van der Waals surface area contributed by atoms with Gasteiger partial charge in [0.05, 0.1) is 23.3 Å². The molecule has 5 fully saturated rings. The van der Waals surface area contributed by atoms with Crippen LogP contribution in [0.1, 0.15) is 72.1 Å². The lowest BCUT2D eigenvalue weighted by molar-refractivity contribution is -0.214. The summed E-state index contributed by atoms with van der Waals surface area (Å²) in [6.45, 7) is 6.79. The zero-order valence-electron chi connectivity index (χ0n) is 16.0. The van der Waals surface area contributed by atoms with Gasteiger partial charge in [-0.3, -0.25) is 0 Å². The third-order valence-electron chi connectivity index (χ3n) is 10.1. The minimum absolute atomic E-state index is 0.0255. The third kappa shape index (κ3) is 1.78. The molecule has 4 N–H and O–H groups in total. The van der Waals surface area contributed by atoms with Crippen LogP contribution in [-0.2, 0) is 0 Å². The molecular formula is C21H35NO3. The number of aliphatic hydroxyl groups is 3. The van der Waals surface area contributed by atoms with Gasteiger partial charge in [0.2, 0.25) is 0 Å². The number of hydrogen-bond acceptors (Lipinski definition) is 4. The van der Waals surface area contributed by atoms with Gasteiger partial charge in [0.1, 0.15) is 0 Å². The Labute approximate surface area is 151 Å². The summed E-state index contributed by atoms with van der Waals surface area (Å²) in [5.74, 6) is 1.65. The van der Waals surface area contributed by atoms with Crippen LogP contribution in [0.15, 0.2) is 0 Å². The molecule has 1 aliphatic heterocycles. The van der Waals surface area contributed by atoms with Crippen molar-refractivity contribution in [1.82, 2.24) is 5.32 Å². The summed E-state index contributed by atoms with van der Waals surface area (Å²) in [6, 6.07) is 0.531. The SMILES string of the molecule is CCC1(O)CCC2C3C(CCC21C)C1(C)CCC(O)CC1(O)[C@@H]1N[C@H]31. The van der Waals surface area contributed by atoms with Gasteiger partial charge >= 0.3 is 0 Å². The molecule has 5 aliphatic rings. The molecule has 5 rings (SSSR count). The second-order valence-corrected chi connectivity index (χ2v) is 10.6. The molecule has 0 aromatic rings. The molecule has 4 heteroatoms. The lowest BCUT2D eigenvalue weighted by Crippen LogP contribution is -2.67. The average Bonchev–Trinajstić information content (AvgIpc) is 3.32. The topological polar surface area (TPSA) is 82.6 Å². The maximum absolute atomic E-state index is 11.7. The fraction of sp³-hybridized carbons (Fsp3) is 1.00. The van der Waals surface area contributed by atoms with E-state index in [0.29, 0.717) is 30.2 Å². The van der Waals surface area contributed by atoms with Crippen molar-refractivity contribution in [3.05, 3.63) is 0 Å². The largest absolute Gasteiger partial charge is 0.393 e. The van der Waals surface area contributed by atoms with Crippen LogP contribution >= 0.6 is 0 Å². The van der Waals surface area contributed by atoms with E-state index in [-0.39, 0.29) is 23.0 Å². The van der Waals surface area contributed by atoms with Crippen molar-refractivity contribution in [2.24, 2.45) is 28.6 Å². The number of nitrogens with one attached hydrogen (secondary N) is 1. The van der Waals surface area contributed by atoms with Crippen molar-refractivity contribution in [1.29, 1.82) is 0 Å². The van der Waals surface area contributed by atoms with Crippen LogP contribution in [-0.4, -0.2) is 44.7 Å². The van der Waals surface area contributed by atoms with Crippen LogP contribution < -0.4 is 5.32 Å². The van der Waals surface area contributed by atoms with Gasteiger partial charge in [-0.05, 0) is 68.1 Å². The van der Waals surface area contributed by atoms with Crippen LogP contribution in [0.2, 0.25) is 0 Å². The Balaban J connectivity index is 1.54. The number of fused-ring (bicyclic) bond motifs is 8. The summed E-state index contributed by atoms with van der Waals surface area (Å²) < 4.78 is 0. The fourth-order valence-electron chi connectivity index (χ4n) is 8.42. The molecule has 25 heavy (non-hydrogen) atoms. The zero-order valence-corrected chi connectivity index (χ0v) is 16.0. The van der Waals surface area contributed by atoms with Crippen LogP contribution in [0.3, 0.4) is 0 Å². The number of hydrogen-bond donors (Lipinski definition) is 4. The Bertz CT molecular complexity index is 598. The van der Waals surface area contributed by atoms with Crippen molar-refractivity contribution >= 4 is 0 Å². The average molecular weight is 350 g/mol. The monoisotopic (exact) mass is 349 g/mol. The summed E-state index contributed by atoms with van der Waals surface area (Å²) in [5.41, 5.74) is -1.35. The highest BCUT2D eigenvalue weighted by molar-refractivity contribution is 5.29. The molecule has 0 amide bonds. The molecule has 0 spiro atoms. The maximum Gasteiger partial charge on any atom is 0.0895 e. The van der Waals surface area contributed by atoms with Crippen LogP contribution in [0, 0.1) is 28.6 Å². The molecule has 0 radical (unpaired) electrons. The van der Waals surface area contributed by atoms with Crippen molar-refractivity contribution in [2.45, 2.75) is 102 Å².